The van der Waals surface area contributed by atoms with Gasteiger partial charge in [-0.2, -0.15) is 0 Å². The summed E-state index contributed by atoms with van der Waals surface area (Å²) in [6.45, 7) is 0. The molecule has 0 bridgehead atoms. The summed E-state index contributed by atoms with van der Waals surface area (Å²) in [5.74, 6) is 1.41. The van der Waals surface area contributed by atoms with Crippen molar-refractivity contribution in [2.75, 3.05) is 0 Å². The summed E-state index contributed by atoms with van der Waals surface area (Å²) in [5.41, 5.74) is 1.09. The Kier molecular flexibility index (Phi) is 4.88. The van der Waals surface area contributed by atoms with E-state index < -0.39 is 5.97 Å². The molecule has 0 fully saturated rings. The van der Waals surface area contributed by atoms with Gasteiger partial charge in [0, 0.05) is 5.92 Å². The van der Waals surface area contributed by atoms with Crippen molar-refractivity contribution in [3.05, 3.63) is 42.0 Å². The average Bonchev–Trinajstić information content (AvgIpc) is 2.28. The van der Waals surface area contributed by atoms with Gasteiger partial charge in [0.15, 0.2) is 0 Å². The number of hydrogen-bond acceptors (Lipinski definition) is 1. The molecule has 1 aromatic rings. The second-order valence-corrected chi connectivity index (χ2v) is 3.51. The normalized spacial score (nSPS) is 12.2. The third kappa shape index (κ3) is 4.47. The fourth-order valence-corrected chi connectivity index (χ4v) is 1.35. The smallest absolute Gasteiger partial charge is 0.304 e. The van der Waals surface area contributed by atoms with Crippen LogP contribution in [-0.4, -0.2) is 11.1 Å². The van der Waals surface area contributed by atoms with Crippen LogP contribution in [0.2, 0.25) is 0 Å². The van der Waals surface area contributed by atoms with Crippen molar-refractivity contribution in [1.29, 1.82) is 0 Å². The lowest BCUT2D eigenvalue weighted by atomic mass is 10.0. The minimum absolute atomic E-state index is 0.0234. The highest BCUT2D eigenvalue weighted by Crippen LogP contribution is 2.10. The van der Waals surface area contributed by atoms with Crippen LogP contribution in [0, 0.1) is 18.3 Å². The molecule has 1 atom stereocenters. The van der Waals surface area contributed by atoms with E-state index >= 15 is 0 Å². The summed E-state index contributed by atoms with van der Waals surface area (Å²) in [7, 11) is 0. The quantitative estimate of drug-likeness (QED) is 0.765. The summed E-state index contributed by atoms with van der Waals surface area (Å²) in [4.78, 5) is 10.5. The zero-order valence-electron chi connectivity index (χ0n) is 8.97. The summed E-state index contributed by atoms with van der Waals surface area (Å²) >= 11 is 0. The molecule has 1 aromatic carbocycles. The molecule has 82 valence electrons. The van der Waals surface area contributed by atoms with E-state index in [1.807, 2.05) is 42.5 Å². The van der Waals surface area contributed by atoms with Gasteiger partial charge in [-0.15, -0.1) is 12.3 Å². The molecule has 0 saturated carbocycles. The van der Waals surface area contributed by atoms with Crippen LogP contribution >= 0.6 is 0 Å². The van der Waals surface area contributed by atoms with Gasteiger partial charge >= 0.3 is 5.97 Å². The Morgan fingerprint density at radius 1 is 1.44 bits per heavy atom. The van der Waals surface area contributed by atoms with Gasteiger partial charge in [0.2, 0.25) is 0 Å². The van der Waals surface area contributed by atoms with Crippen LogP contribution in [0.4, 0.5) is 0 Å². The molecule has 0 aromatic heterocycles. The Labute approximate surface area is 95.6 Å². The Morgan fingerprint density at radius 3 is 2.69 bits per heavy atom. The Balaban J connectivity index is 2.47. The van der Waals surface area contributed by atoms with Crippen molar-refractivity contribution in [3.8, 4) is 12.3 Å². The highest BCUT2D eigenvalue weighted by atomic mass is 16.4. The van der Waals surface area contributed by atoms with Crippen LogP contribution in [0.25, 0.3) is 6.08 Å². The lowest BCUT2D eigenvalue weighted by Gasteiger charge is -2.02. The first kappa shape index (κ1) is 12.1. The molecular formula is C14H14O2. The number of carbonyl (C=O) groups is 1. The van der Waals surface area contributed by atoms with E-state index in [4.69, 9.17) is 11.5 Å². The predicted molar refractivity (Wildman–Crippen MR) is 64.7 cm³/mol. The molecule has 0 heterocycles. The minimum atomic E-state index is -0.851. The predicted octanol–water partition coefficient (Wildman–Crippen LogP) is 2.81. The second kappa shape index (κ2) is 6.47. The van der Waals surface area contributed by atoms with Gasteiger partial charge in [0.05, 0.1) is 6.42 Å². The number of terminal acetylenes is 1. The van der Waals surface area contributed by atoms with Crippen molar-refractivity contribution in [2.24, 2.45) is 5.92 Å². The molecule has 16 heavy (non-hydrogen) atoms. The fourth-order valence-electron chi connectivity index (χ4n) is 1.35. The number of allylic oxidation sites excluding steroid dienone is 1. The largest absolute Gasteiger partial charge is 0.481 e. The van der Waals surface area contributed by atoms with Gasteiger partial charge in [0.25, 0.3) is 0 Å². The molecule has 1 unspecified atom stereocenters. The first-order chi connectivity index (χ1) is 7.72. The topological polar surface area (TPSA) is 37.3 Å². The SMILES string of the molecule is C#CC(CC=Cc1ccccc1)CC(=O)O. The molecule has 2 heteroatoms. The maximum absolute atomic E-state index is 10.5. The van der Waals surface area contributed by atoms with E-state index in [1.165, 1.54) is 0 Å². The van der Waals surface area contributed by atoms with E-state index in [0.29, 0.717) is 6.42 Å². The summed E-state index contributed by atoms with van der Waals surface area (Å²) in [6.07, 6.45) is 9.74. The maximum Gasteiger partial charge on any atom is 0.304 e. The van der Waals surface area contributed by atoms with Crippen LogP contribution in [-0.2, 0) is 4.79 Å². The van der Waals surface area contributed by atoms with Crippen molar-refractivity contribution in [3.63, 3.8) is 0 Å². The molecule has 0 aliphatic rings. The van der Waals surface area contributed by atoms with E-state index in [0.717, 1.165) is 5.56 Å². The Hall–Kier alpha value is -2.01. The molecule has 0 amide bonds. The third-order valence-corrected chi connectivity index (χ3v) is 2.19. The molecule has 0 saturated heterocycles. The molecular weight excluding hydrogens is 200 g/mol. The molecule has 1 rings (SSSR count). The average molecular weight is 214 g/mol. The minimum Gasteiger partial charge on any atom is -0.481 e. The summed E-state index contributed by atoms with van der Waals surface area (Å²) < 4.78 is 0. The van der Waals surface area contributed by atoms with Gasteiger partial charge < -0.3 is 5.11 Å². The van der Waals surface area contributed by atoms with Crippen LogP contribution in [0.3, 0.4) is 0 Å². The van der Waals surface area contributed by atoms with Gasteiger partial charge in [-0.3, -0.25) is 4.79 Å². The zero-order valence-corrected chi connectivity index (χ0v) is 8.97. The summed E-state index contributed by atoms with van der Waals surface area (Å²) in [6, 6.07) is 9.83. The highest BCUT2D eigenvalue weighted by molar-refractivity contribution is 5.67. The zero-order chi connectivity index (χ0) is 11.8. The lowest BCUT2D eigenvalue weighted by Crippen LogP contribution is -2.04. The van der Waals surface area contributed by atoms with E-state index in [2.05, 4.69) is 5.92 Å². The Morgan fingerprint density at radius 2 is 2.12 bits per heavy atom. The van der Waals surface area contributed by atoms with Crippen molar-refractivity contribution >= 4 is 12.0 Å². The Bertz CT molecular complexity index is 398. The maximum atomic E-state index is 10.5. The van der Waals surface area contributed by atoms with Crippen molar-refractivity contribution in [1.82, 2.24) is 0 Å². The van der Waals surface area contributed by atoms with Gasteiger partial charge in [0.1, 0.15) is 0 Å². The first-order valence-corrected chi connectivity index (χ1v) is 5.12. The standard InChI is InChI=1S/C14H14O2/c1-2-12(11-14(15)16)9-6-10-13-7-4-3-5-8-13/h1,3-8,10,12H,9,11H2,(H,15,16). The number of carboxylic acid groups (broad SMARTS) is 1. The molecule has 0 aliphatic carbocycles. The number of carboxylic acids is 1. The monoisotopic (exact) mass is 214 g/mol. The van der Waals surface area contributed by atoms with Crippen molar-refractivity contribution < 1.29 is 9.90 Å². The van der Waals surface area contributed by atoms with E-state index in [1.54, 1.807) is 0 Å². The lowest BCUT2D eigenvalue weighted by molar-refractivity contribution is -0.137. The molecule has 0 aliphatic heterocycles. The number of rotatable bonds is 5. The molecule has 1 N–H and O–H groups in total. The number of aliphatic carboxylic acids is 1. The van der Waals surface area contributed by atoms with E-state index in [9.17, 15) is 4.79 Å². The molecule has 0 radical (unpaired) electrons. The number of hydrogen-bond donors (Lipinski definition) is 1. The first-order valence-electron chi connectivity index (χ1n) is 5.12. The van der Waals surface area contributed by atoms with Gasteiger partial charge in [-0.1, -0.05) is 42.5 Å². The van der Waals surface area contributed by atoms with Crippen LogP contribution in [0.1, 0.15) is 18.4 Å². The van der Waals surface area contributed by atoms with Crippen LogP contribution in [0.5, 0.6) is 0 Å². The van der Waals surface area contributed by atoms with Crippen LogP contribution in [0.15, 0.2) is 36.4 Å². The molecule has 2 nitrogen and oxygen atoms in total. The number of benzene rings is 1. The van der Waals surface area contributed by atoms with Crippen molar-refractivity contribution in [2.45, 2.75) is 12.8 Å². The van der Waals surface area contributed by atoms with Gasteiger partial charge in [-0.25, -0.2) is 0 Å². The second-order valence-electron chi connectivity index (χ2n) is 3.51. The van der Waals surface area contributed by atoms with E-state index in [-0.39, 0.29) is 12.3 Å². The summed E-state index contributed by atoms with van der Waals surface area (Å²) in [5, 5.41) is 8.61. The van der Waals surface area contributed by atoms with Gasteiger partial charge in [-0.05, 0) is 12.0 Å². The van der Waals surface area contributed by atoms with Crippen LogP contribution < -0.4 is 0 Å². The fraction of sp³-hybridized carbons (Fsp3) is 0.214. The molecule has 0 spiro atoms. The third-order valence-electron chi connectivity index (χ3n) is 2.19. The highest BCUT2D eigenvalue weighted by Gasteiger charge is 2.07.